The molecule has 0 saturated carbocycles. The molecule has 2 amide bonds. The largest absolute Gasteiger partial charge is 0.494 e. The minimum Gasteiger partial charge on any atom is -0.494 e. The molecule has 0 spiro atoms. The van der Waals surface area contributed by atoms with Crippen LogP contribution in [0.2, 0.25) is 0 Å². The average Bonchev–Trinajstić information content (AvgIpc) is 2.61. The number of methoxy groups -OCH3 is 1. The minimum atomic E-state index is -0.414. The van der Waals surface area contributed by atoms with E-state index in [9.17, 15) is 9.59 Å². The number of amides is 2. The predicted octanol–water partition coefficient (Wildman–Crippen LogP) is 2.93. The zero-order valence-electron chi connectivity index (χ0n) is 14.6. The molecule has 2 rings (SSSR count). The SMILES string of the molecule is COc1cc(NC(=O)C(C)C(N)c2ccccc2)ccc1NC(C)=O. The van der Waals surface area contributed by atoms with Crippen LogP contribution in [0, 0.1) is 5.92 Å². The lowest BCUT2D eigenvalue weighted by molar-refractivity contribution is -0.120. The van der Waals surface area contributed by atoms with Gasteiger partial charge in [0.1, 0.15) is 5.75 Å². The monoisotopic (exact) mass is 341 g/mol. The van der Waals surface area contributed by atoms with Crippen molar-refractivity contribution in [3.63, 3.8) is 0 Å². The first-order valence-corrected chi connectivity index (χ1v) is 7.99. The van der Waals surface area contributed by atoms with Gasteiger partial charge in [0.25, 0.3) is 0 Å². The predicted molar refractivity (Wildman–Crippen MR) is 98.5 cm³/mol. The number of hydrogen-bond acceptors (Lipinski definition) is 4. The summed E-state index contributed by atoms with van der Waals surface area (Å²) in [5.41, 5.74) is 8.22. The second kappa shape index (κ2) is 8.30. The summed E-state index contributed by atoms with van der Waals surface area (Å²) in [6.45, 7) is 3.21. The van der Waals surface area contributed by atoms with Crippen LogP contribution in [0.3, 0.4) is 0 Å². The number of anilines is 2. The van der Waals surface area contributed by atoms with Gasteiger partial charge in [-0.2, -0.15) is 0 Å². The van der Waals surface area contributed by atoms with Crippen molar-refractivity contribution in [3.8, 4) is 5.75 Å². The van der Waals surface area contributed by atoms with E-state index in [2.05, 4.69) is 10.6 Å². The Morgan fingerprint density at radius 2 is 1.76 bits per heavy atom. The lowest BCUT2D eigenvalue weighted by Gasteiger charge is -2.20. The van der Waals surface area contributed by atoms with Crippen LogP contribution in [0.5, 0.6) is 5.75 Å². The van der Waals surface area contributed by atoms with E-state index >= 15 is 0 Å². The normalized spacial score (nSPS) is 12.8. The lowest BCUT2D eigenvalue weighted by Crippen LogP contribution is -2.30. The molecule has 6 nitrogen and oxygen atoms in total. The van der Waals surface area contributed by atoms with Gasteiger partial charge in [-0.15, -0.1) is 0 Å². The maximum atomic E-state index is 12.5. The Balaban J connectivity index is 2.10. The molecule has 0 saturated heterocycles. The van der Waals surface area contributed by atoms with Crippen molar-refractivity contribution in [2.24, 2.45) is 11.7 Å². The summed E-state index contributed by atoms with van der Waals surface area (Å²) in [7, 11) is 1.50. The summed E-state index contributed by atoms with van der Waals surface area (Å²) < 4.78 is 5.25. The van der Waals surface area contributed by atoms with Crippen molar-refractivity contribution in [3.05, 3.63) is 54.1 Å². The fraction of sp³-hybridized carbons (Fsp3) is 0.263. The Morgan fingerprint density at radius 3 is 2.36 bits per heavy atom. The van der Waals surface area contributed by atoms with E-state index in [4.69, 9.17) is 10.5 Å². The third kappa shape index (κ3) is 4.81. The number of hydrogen-bond donors (Lipinski definition) is 3. The first kappa shape index (κ1) is 18.5. The second-order valence-electron chi connectivity index (χ2n) is 5.81. The van der Waals surface area contributed by atoms with Crippen LogP contribution in [0.15, 0.2) is 48.5 Å². The van der Waals surface area contributed by atoms with Crippen molar-refractivity contribution in [2.75, 3.05) is 17.7 Å². The summed E-state index contributed by atoms with van der Waals surface area (Å²) in [6, 6.07) is 14.1. The van der Waals surface area contributed by atoms with Crippen molar-refractivity contribution < 1.29 is 14.3 Å². The Morgan fingerprint density at radius 1 is 1.08 bits per heavy atom. The number of rotatable bonds is 6. The average molecular weight is 341 g/mol. The van der Waals surface area contributed by atoms with Gasteiger partial charge in [0.15, 0.2) is 0 Å². The number of benzene rings is 2. The van der Waals surface area contributed by atoms with E-state index in [0.717, 1.165) is 5.56 Å². The van der Waals surface area contributed by atoms with Gasteiger partial charge >= 0.3 is 0 Å². The van der Waals surface area contributed by atoms with Gasteiger partial charge in [0, 0.05) is 24.7 Å². The van der Waals surface area contributed by atoms with E-state index in [1.165, 1.54) is 14.0 Å². The maximum absolute atomic E-state index is 12.5. The fourth-order valence-electron chi connectivity index (χ4n) is 2.45. The topological polar surface area (TPSA) is 93.4 Å². The van der Waals surface area contributed by atoms with Crippen LogP contribution in [-0.2, 0) is 9.59 Å². The second-order valence-corrected chi connectivity index (χ2v) is 5.81. The van der Waals surface area contributed by atoms with Gasteiger partial charge < -0.3 is 21.1 Å². The molecule has 6 heteroatoms. The van der Waals surface area contributed by atoms with E-state index in [1.54, 1.807) is 25.1 Å². The molecule has 2 unspecified atom stereocenters. The smallest absolute Gasteiger partial charge is 0.229 e. The standard InChI is InChI=1S/C19H23N3O3/c1-12(18(20)14-7-5-4-6-8-14)19(24)22-15-9-10-16(21-13(2)23)17(11-15)25-3/h4-12,18H,20H2,1-3H3,(H,21,23)(H,22,24). The molecular formula is C19H23N3O3. The first-order chi connectivity index (χ1) is 11.9. The highest BCUT2D eigenvalue weighted by Gasteiger charge is 2.22. The Hall–Kier alpha value is -2.86. The van der Waals surface area contributed by atoms with Crippen molar-refractivity contribution >= 4 is 23.2 Å². The van der Waals surface area contributed by atoms with Gasteiger partial charge in [-0.05, 0) is 17.7 Å². The van der Waals surface area contributed by atoms with Crippen molar-refractivity contribution in [1.82, 2.24) is 0 Å². The van der Waals surface area contributed by atoms with Gasteiger partial charge in [0.2, 0.25) is 11.8 Å². The van der Waals surface area contributed by atoms with Crippen LogP contribution in [0.25, 0.3) is 0 Å². The Bertz CT molecular complexity index is 747. The Kier molecular flexibility index (Phi) is 6.14. The number of nitrogens with one attached hydrogen (secondary N) is 2. The molecule has 2 aromatic rings. The molecule has 25 heavy (non-hydrogen) atoms. The molecule has 0 aliphatic heterocycles. The number of carbonyl (C=O) groups is 2. The zero-order chi connectivity index (χ0) is 18.4. The summed E-state index contributed by atoms with van der Waals surface area (Å²) in [5.74, 6) is -0.334. The van der Waals surface area contributed by atoms with E-state index < -0.39 is 12.0 Å². The molecule has 0 radical (unpaired) electrons. The van der Waals surface area contributed by atoms with Crippen LogP contribution in [0.4, 0.5) is 11.4 Å². The molecule has 4 N–H and O–H groups in total. The maximum Gasteiger partial charge on any atom is 0.229 e. The molecule has 0 aliphatic rings. The molecule has 2 aromatic carbocycles. The van der Waals surface area contributed by atoms with Crippen LogP contribution in [0.1, 0.15) is 25.5 Å². The highest BCUT2D eigenvalue weighted by Crippen LogP contribution is 2.29. The van der Waals surface area contributed by atoms with E-state index in [0.29, 0.717) is 17.1 Å². The third-order valence-electron chi connectivity index (χ3n) is 3.92. The molecule has 0 aliphatic carbocycles. The van der Waals surface area contributed by atoms with Crippen molar-refractivity contribution in [1.29, 1.82) is 0 Å². The number of nitrogens with two attached hydrogens (primary N) is 1. The van der Waals surface area contributed by atoms with E-state index in [1.807, 2.05) is 30.3 Å². The molecule has 0 aromatic heterocycles. The summed E-state index contributed by atoms with van der Waals surface area (Å²) in [5, 5.41) is 5.51. The summed E-state index contributed by atoms with van der Waals surface area (Å²) >= 11 is 0. The highest BCUT2D eigenvalue weighted by atomic mass is 16.5. The van der Waals surface area contributed by atoms with Gasteiger partial charge in [-0.3, -0.25) is 9.59 Å². The van der Waals surface area contributed by atoms with E-state index in [-0.39, 0.29) is 11.8 Å². The number of ether oxygens (including phenoxy) is 1. The molecule has 132 valence electrons. The molecule has 0 fully saturated rings. The Labute approximate surface area is 147 Å². The lowest BCUT2D eigenvalue weighted by atomic mass is 9.94. The first-order valence-electron chi connectivity index (χ1n) is 7.99. The summed E-state index contributed by atoms with van der Waals surface area (Å²) in [4.78, 5) is 23.7. The molecule has 0 heterocycles. The molecule has 2 atom stereocenters. The highest BCUT2D eigenvalue weighted by molar-refractivity contribution is 5.95. The van der Waals surface area contributed by atoms with Crippen LogP contribution in [-0.4, -0.2) is 18.9 Å². The minimum absolute atomic E-state index is 0.189. The van der Waals surface area contributed by atoms with Gasteiger partial charge in [-0.1, -0.05) is 37.3 Å². The third-order valence-corrected chi connectivity index (χ3v) is 3.92. The number of carbonyl (C=O) groups excluding carboxylic acids is 2. The van der Waals surface area contributed by atoms with Crippen molar-refractivity contribution in [2.45, 2.75) is 19.9 Å². The van der Waals surface area contributed by atoms with Crippen LogP contribution >= 0.6 is 0 Å². The molecule has 0 bridgehead atoms. The van der Waals surface area contributed by atoms with Crippen LogP contribution < -0.4 is 21.1 Å². The van der Waals surface area contributed by atoms with Gasteiger partial charge in [0.05, 0.1) is 18.7 Å². The van der Waals surface area contributed by atoms with Gasteiger partial charge in [-0.25, -0.2) is 0 Å². The quantitative estimate of drug-likeness (QED) is 0.753. The molecular weight excluding hydrogens is 318 g/mol. The summed E-state index contributed by atoms with van der Waals surface area (Å²) in [6.07, 6.45) is 0. The fourth-order valence-corrected chi connectivity index (χ4v) is 2.45. The zero-order valence-corrected chi connectivity index (χ0v) is 14.6.